The zero-order valence-electron chi connectivity index (χ0n) is 10.6. The number of carbonyl (C=O) groups is 1. The smallest absolute Gasteiger partial charge is 0.319 e. The molecule has 0 aliphatic rings. The van der Waals surface area contributed by atoms with Crippen molar-refractivity contribution in [3.05, 3.63) is 29.8 Å². The molecule has 0 spiro atoms. The molecule has 0 atom stereocenters. The first-order valence-corrected chi connectivity index (χ1v) is 6.84. The average molecular weight is 253 g/mol. The molecule has 0 amide bonds. The minimum atomic E-state index is -0.187. The molecule has 0 radical (unpaired) electrons. The Hall–Kier alpha value is -1.00. The number of carbonyl (C=O) groups excluding carboxylic acids is 1. The van der Waals surface area contributed by atoms with Gasteiger partial charge in [-0.2, -0.15) is 0 Å². The highest BCUT2D eigenvalue weighted by Gasteiger charge is 2.09. The van der Waals surface area contributed by atoms with Crippen molar-refractivity contribution in [3.63, 3.8) is 0 Å². The third-order valence-corrected chi connectivity index (χ3v) is 3.34. The average Bonchev–Trinajstić information content (AvgIpc) is 2.38. The van der Waals surface area contributed by atoms with Crippen LogP contribution >= 0.6 is 11.8 Å². The van der Waals surface area contributed by atoms with Gasteiger partial charge in [-0.3, -0.25) is 9.69 Å². The third kappa shape index (κ3) is 4.79. The summed E-state index contributed by atoms with van der Waals surface area (Å²) in [5.41, 5.74) is 1.22. The van der Waals surface area contributed by atoms with Crippen molar-refractivity contribution in [2.45, 2.75) is 18.4 Å². The molecular weight excluding hydrogens is 234 g/mol. The molecule has 0 aromatic heterocycles. The van der Waals surface area contributed by atoms with Gasteiger partial charge in [0.15, 0.2) is 0 Å². The maximum absolute atomic E-state index is 11.2. The quantitative estimate of drug-likeness (QED) is 0.575. The summed E-state index contributed by atoms with van der Waals surface area (Å²) in [5.74, 6) is -0.187. The van der Waals surface area contributed by atoms with Crippen LogP contribution in [0.5, 0.6) is 0 Å². The number of hydrogen-bond acceptors (Lipinski definition) is 4. The molecule has 3 nitrogen and oxygen atoms in total. The van der Waals surface area contributed by atoms with Gasteiger partial charge in [-0.05, 0) is 30.5 Å². The van der Waals surface area contributed by atoms with Gasteiger partial charge in [0.25, 0.3) is 0 Å². The standard InChI is InChI=1S/C13H19NO2S/c1-4-14(10-13(15)16-2)9-11-5-7-12(17-3)8-6-11/h5-8H,4,9-10H2,1-3H3. The molecule has 1 aromatic carbocycles. The van der Waals surface area contributed by atoms with Gasteiger partial charge >= 0.3 is 5.97 Å². The van der Waals surface area contributed by atoms with E-state index in [0.717, 1.165) is 13.1 Å². The summed E-state index contributed by atoms with van der Waals surface area (Å²) in [4.78, 5) is 14.5. The second kappa shape index (κ2) is 7.35. The molecule has 94 valence electrons. The van der Waals surface area contributed by atoms with E-state index in [1.54, 1.807) is 11.8 Å². The fraction of sp³-hybridized carbons (Fsp3) is 0.462. The number of ether oxygens (including phenoxy) is 1. The first kappa shape index (κ1) is 14.1. The zero-order valence-corrected chi connectivity index (χ0v) is 11.4. The Kier molecular flexibility index (Phi) is 6.08. The highest BCUT2D eigenvalue weighted by molar-refractivity contribution is 7.98. The van der Waals surface area contributed by atoms with Crippen LogP contribution in [0.15, 0.2) is 29.2 Å². The van der Waals surface area contributed by atoms with E-state index in [4.69, 9.17) is 0 Å². The van der Waals surface area contributed by atoms with Crippen LogP contribution in [0.3, 0.4) is 0 Å². The molecule has 17 heavy (non-hydrogen) atoms. The number of likely N-dealkylation sites (N-methyl/N-ethyl adjacent to an activating group) is 1. The molecule has 4 heteroatoms. The number of benzene rings is 1. The van der Waals surface area contributed by atoms with Crippen LogP contribution in [0.2, 0.25) is 0 Å². The highest BCUT2D eigenvalue weighted by atomic mass is 32.2. The van der Waals surface area contributed by atoms with Gasteiger partial charge in [0.2, 0.25) is 0 Å². The Morgan fingerprint density at radius 2 is 2.00 bits per heavy atom. The van der Waals surface area contributed by atoms with Gasteiger partial charge in [-0.1, -0.05) is 19.1 Å². The van der Waals surface area contributed by atoms with E-state index in [1.165, 1.54) is 17.6 Å². The normalized spacial score (nSPS) is 10.6. The van der Waals surface area contributed by atoms with Gasteiger partial charge in [-0.25, -0.2) is 0 Å². The molecule has 0 saturated carbocycles. The SMILES string of the molecule is CCN(CC(=O)OC)Cc1ccc(SC)cc1. The van der Waals surface area contributed by atoms with Gasteiger partial charge in [-0.15, -0.1) is 11.8 Å². The van der Waals surface area contributed by atoms with Crippen molar-refractivity contribution in [3.8, 4) is 0 Å². The summed E-state index contributed by atoms with van der Waals surface area (Å²) in [6, 6.07) is 8.41. The number of hydrogen-bond donors (Lipinski definition) is 0. The maximum atomic E-state index is 11.2. The number of thioether (sulfide) groups is 1. The van der Waals surface area contributed by atoms with E-state index in [1.807, 2.05) is 6.92 Å². The molecule has 0 bridgehead atoms. The van der Waals surface area contributed by atoms with E-state index in [-0.39, 0.29) is 5.97 Å². The van der Waals surface area contributed by atoms with Crippen molar-refractivity contribution in [1.29, 1.82) is 0 Å². The fourth-order valence-electron chi connectivity index (χ4n) is 1.52. The molecule has 0 N–H and O–H groups in total. The van der Waals surface area contributed by atoms with Crippen molar-refractivity contribution < 1.29 is 9.53 Å². The summed E-state index contributed by atoms with van der Waals surface area (Å²) in [5, 5.41) is 0. The minimum absolute atomic E-state index is 0.187. The van der Waals surface area contributed by atoms with E-state index in [2.05, 4.69) is 40.2 Å². The maximum Gasteiger partial charge on any atom is 0.319 e. The van der Waals surface area contributed by atoms with E-state index in [0.29, 0.717) is 6.54 Å². The fourth-order valence-corrected chi connectivity index (χ4v) is 1.92. The predicted molar refractivity (Wildman–Crippen MR) is 71.2 cm³/mol. The zero-order chi connectivity index (χ0) is 12.7. The van der Waals surface area contributed by atoms with Crippen molar-refractivity contribution in [2.24, 2.45) is 0 Å². The Morgan fingerprint density at radius 3 is 2.47 bits per heavy atom. The molecule has 0 unspecified atom stereocenters. The second-order valence-corrected chi connectivity index (χ2v) is 4.61. The Morgan fingerprint density at radius 1 is 1.35 bits per heavy atom. The Bertz CT molecular complexity index is 351. The molecule has 1 rings (SSSR count). The molecule has 1 aromatic rings. The number of rotatable bonds is 6. The lowest BCUT2D eigenvalue weighted by atomic mass is 10.2. The predicted octanol–water partition coefficient (Wildman–Crippen LogP) is 2.40. The van der Waals surface area contributed by atoms with Crippen LogP contribution in [-0.2, 0) is 16.1 Å². The highest BCUT2D eigenvalue weighted by Crippen LogP contribution is 2.15. The molecule has 0 aliphatic carbocycles. The van der Waals surface area contributed by atoms with Crippen molar-refractivity contribution in [2.75, 3.05) is 26.5 Å². The third-order valence-electron chi connectivity index (χ3n) is 2.59. The lowest BCUT2D eigenvalue weighted by molar-refractivity contribution is -0.142. The summed E-state index contributed by atoms with van der Waals surface area (Å²) in [6.07, 6.45) is 2.06. The van der Waals surface area contributed by atoms with Gasteiger partial charge in [0, 0.05) is 11.4 Å². The molecule has 0 heterocycles. The first-order chi connectivity index (χ1) is 8.19. The lowest BCUT2D eigenvalue weighted by Crippen LogP contribution is -2.29. The number of esters is 1. The van der Waals surface area contributed by atoms with E-state index in [9.17, 15) is 4.79 Å². The van der Waals surface area contributed by atoms with Gasteiger partial charge in [0.1, 0.15) is 0 Å². The summed E-state index contributed by atoms with van der Waals surface area (Å²) in [6.45, 7) is 4.00. The van der Waals surface area contributed by atoms with Gasteiger partial charge < -0.3 is 4.74 Å². The second-order valence-electron chi connectivity index (χ2n) is 3.73. The summed E-state index contributed by atoms with van der Waals surface area (Å²) in [7, 11) is 1.42. The van der Waals surface area contributed by atoms with E-state index < -0.39 is 0 Å². The van der Waals surface area contributed by atoms with Crippen molar-refractivity contribution >= 4 is 17.7 Å². The largest absolute Gasteiger partial charge is 0.468 e. The first-order valence-electron chi connectivity index (χ1n) is 5.61. The van der Waals surface area contributed by atoms with Crippen LogP contribution in [0.25, 0.3) is 0 Å². The Labute approximate surface area is 107 Å². The van der Waals surface area contributed by atoms with Crippen LogP contribution < -0.4 is 0 Å². The minimum Gasteiger partial charge on any atom is -0.468 e. The molecule has 0 fully saturated rings. The topological polar surface area (TPSA) is 29.5 Å². The lowest BCUT2D eigenvalue weighted by Gasteiger charge is -2.18. The van der Waals surface area contributed by atoms with E-state index >= 15 is 0 Å². The van der Waals surface area contributed by atoms with Gasteiger partial charge in [0.05, 0.1) is 13.7 Å². The monoisotopic (exact) mass is 253 g/mol. The molecule has 0 aliphatic heterocycles. The van der Waals surface area contributed by atoms with Crippen molar-refractivity contribution in [1.82, 2.24) is 4.90 Å². The van der Waals surface area contributed by atoms with Crippen LogP contribution in [0.4, 0.5) is 0 Å². The van der Waals surface area contributed by atoms with Crippen LogP contribution in [0.1, 0.15) is 12.5 Å². The molecule has 0 saturated heterocycles. The number of methoxy groups -OCH3 is 1. The number of nitrogens with zero attached hydrogens (tertiary/aromatic N) is 1. The Balaban J connectivity index is 2.57. The van der Waals surface area contributed by atoms with Crippen LogP contribution in [-0.4, -0.2) is 37.3 Å². The molecular formula is C13H19NO2S. The van der Waals surface area contributed by atoms with Crippen LogP contribution in [0, 0.1) is 0 Å². The summed E-state index contributed by atoms with van der Waals surface area (Å²) < 4.78 is 4.67. The summed E-state index contributed by atoms with van der Waals surface area (Å²) >= 11 is 1.73.